The summed E-state index contributed by atoms with van der Waals surface area (Å²) in [7, 11) is 1.41. The van der Waals surface area contributed by atoms with E-state index in [0.717, 1.165) is 11.1 Å². The molecule has 1 heterocycles. The van der Waals surface area contributed by atoms with E-state index in [-0.39, 0.29) is 23.5 Å². The summed E-state index contributed by atoms with van der Waals surface area (Å²) in [5.41, 5.74) is 0.419. The van der Waals surface area contributed by atoms with Crippen LogP contribution < -0.4 is 14.8 Å². The number of halogens is 2. The van der Waals surface area contributed by atoms with Crippen LogP contribution in [0.3, 0.4) is 0 Å². The zero-order valence-electron chi connectivity index (χ0n) is 17.2. The number of benzene rings is 2. The highest BCUT2D eigenvalue weighted by molar-refractivity contribution is 7.15. The maximum Gasteiger partial charge on any atom is 0.268 e. The molecule has 0 radical (unpaired) electrons. The Labute approximate surface area is 186 Å². The second-order valence-corrected chi connectivity index (χ2v) is 7.45. The lowest BCUT2D eigenvalue weighted by atomic mass is 10.1. The molecule has 2 aromatic carbocycles. The van der Waals surface area contributed by atoms with E-state index in [2.05, 4.69) is 15.5 Å². The molecule has 32 heavy (non-hydrogen) atoms. The third-order valence-electron chi connectivity index (χ3n) is 4.27. The van der Waals surface area contributed by atoms with Crippen LogP contribution >= 0.6 is 11.3 Å². The van der Waals surface area contributed by atoms with Crippen LogP contribution in [0.25, 0.3) is 6.08 Å². The van der Waals surface area contributed by atoms with Crippen molar-refractivity contribution in [3.63, 3.8) is 0 Å². The van der Waals surface area contributed by atoms with E-state index in [1.807, 2.05) is 13.0 Å². The van der Waals surface area contributed by atoms with Gasteiger partial charge in [0.1, 0.15) is 23.3 Å². The molecular formula is C22H18F2N4O3S. The Hall–Kier alpha value is -3.84. The van der Waals surface area contributed by atoms with Crippen molar-refractivity contribution < 1.29 is 23.0 Å². The Bertz CT molecular complexity index is 1200. The summed E-state index contributed by atoms with van der Waals surface area (Å²) in [5, 5.41) is 20.8. The second kappa shape index (κ2) is 10.5. The molecule has 7 nitrogen and oxygen atoms in total. The predicted molar refractivity (Wildman–Crippen MR) is 115 cm³/mol. The number of aryl methyl sites for hydroxylation is 1. The number of methoxy groups -OCH3 is 1. The number of nitrogens with one attached hydrogen (secondary N) is 1. The summed E-state index contributed by atoms with van der Waals surface area (Å²) in [6.45, 7) is 1.71. The monoisotopic (exact) mass is 456 g/mol. The molecule has 0 aliphatic heterocycles. The molecule has 3 rings (SSSR count). The molecule has 0 fully saturated rings. The molecule has 0 aliphatic rings. The summed E-state index contributed by atoms with van der Waals surface area (Å²) in [4.78, 5) is 12.4. The summed E-state index contributed by atoms with van der Waals surface area (Å²) in [6.07, 6.45) is 2.07. The number of anilines is 1. The van der Waals surface area contributed by atoms with Gasteiger partial charge in [-0.1, -0.05) is 36.5 Å². The minimum atomic E-state index is -0.975. The first-order valence-electron chi connectivity index (χ1n) is 9.44. The maximum atomic E-state index is 13.8. The smallest absolute Gasteiger partial charge is 0.268 e. The van der Waals surface area contributed by atoms with Crippen molar-refractivity contribution in [3.8, 4) is 17.6 Å². The number of hydrogen-bond acceptors (Lipinski definition) is 7. The number of amides is 1. The molecule has 10 heteroatoms. The molecule has 1 N–H and O–H groups in total. The Balaban J connectivity index is 1.75. The largest absolute Gasteiger partial charge is 0.493 e. The highest BCUT2D eigenvalue weighted by Gasteiger charge is 2.14. The summed E-state index contributed by atoms with van der Waals surface area (Å²) in [6, 6.07) is 10.4. The number of nitriles is 1. The van der Waals surface area contributed by atoms with Crippen LogP contribution in [0.4, 0.5) is 13.9 Å². The van der Waals surface area contributed by atoms with Gasteiger partial charge in [-0.05, 0) is 36.3 Å². The lowest BCUT2D eigenvalue weighted by molar-refractivity contribution is -0.112. The Morgan fingerprint density at radius 3 is 2.75 bits per heavy atom. The van der Waals surface area contributed by atoms with Crippen molar-refractivity contribution in [3.05, 3.63) is 69.7 Å². The summed E-state index contributed by atoms with van der Waals surface area (Å²) >= 11 is 1.23. The molecule has 164 valence electrons. The van der Waals surface area contributed by atoms with Crippen LogP contribution in [-0.4, -0.2) is 23.2 Å². The Morgan fingerprint density at radius 1 is 1.25 bits per heavy atom. The lowest BCUT2D eigenvalue weighted by Gasteiger charge is -2.12. The number of ether oxygens (including phenoxy) is 2. The van der Waals surface area contributed by atoms with E-state index in [4.69, 9.17) is 9.47 Å². The molecule has 0 bridgehead atoms. The topological polar surface area (TPSA) is 97.1 Å². The highest BCUT2D eigenvalue weighted by atomic mass is 32.1. The van der Waals surface area contributed by atoms with Crippen molar-refractivity contribution in [2.75, 3.05) is 12.4 Å². The van der Waals surface area contributed by atoms with Crippen molar-refractivity contribution in [1.82, 2.24) is 10.2 Å². The second-order valence-electron chi connectivity index (χ2n) is 6.39. The van der Waals surface area contributed by atoms with Crippen molar-refractivity contribution >= 4 is 28.5 Å². The third kappa shape index (κ3) is 5.44. The van der Waals surface area contributed by atoms with Crippen LogP contribution in [-0.2, 0) is 17.8 Å². The van der Waals surface area contributed by atoms with E-state index in [9.17, 15) is 18.8 Å². The number of aromatic nitrogens is 2. The molecule has 0 aliphatic carbocycles. The van der Waals surface area contributed by atoms with E-state index in [1.54, 1.807) is 18.2 Å². The van der Waals surface area contributed by atoms with Gasteiger partial charge in [0, 0.05) is 5.56 Å². The quantitative estimate of drug-likeness (QED) is 0.396. The Morgan fingerprint density at radius 2 is 2.06 bits per heavy atom. The minimum Gasteiger partial charge on any atom is -0.493 e. The molecule has 1 amide bonds. The van der Waals surface area contributed by atoms with Gasteiger partial charge >= 0.3 is 0 Å². The van der Waals surface area contributed by atoms with Gasteiger partial charge in [-0.15, -0.1) is 10.2 Å². The van der Waals surface area contributed by atoms with Gasteiger partial charge in [0.05, 0.1) is 7.11 Å². The fourth-order valence-electron chi connectivity index (χ4n) is 2.64. The highest BCUT2D eigenvalue weighted by Crippen LogP contribution is 2.30. The maximum absolute atomic E-state index is 13.8. The minimum absolute atomic E-state index is 0.0578. The van der Waals surface area contributed by atoms with Gasteiger partial charge in [-0.2, -0.15) is 5.26 Å². The summed E-state index contributed by atoms with van der Waals surface area (Å²) < 4.78 is 38.0. The first-order chi connectivity index (χ1) is 15.4. The first kappa shape index (κ1) is 22.8. The Kier molecular flexibility index (Phi) is 7.46. The molecule has 1 aromatic heterocycles. The molecular weight excluding hydrogens is 438 g/mol. The SMILES string of the molecule is CCc1nnc(NC(=O)/C(C#N)=C\c2ccc(OCc3cccc(F)c3F)c(OC)c2)s1. The fraction of sp³-hybridized carbons (Fsp3) is 0.182. The normalized spacial score (nSPS) is 11.0. The summed E-state index contributed by atoms with van der Waals surface area (Å²) in [5.74, 6) is -1.97. The van der Waals surface area contributed by atoms with Gasteiger partial charge in [0.15, 0.2) is 23.1 Å². The van der Waals surface area contributed by atoms with Crippen molar-refractivity contribution in [2.45, 2.75) is 20.0 Å². The van der Waals surface area contributed by atoms with Gasteiger partial charge in [0.25, 0.3) is 5.91 Å². The average molecular weight is 456 g/mol. The molecule has 0 saturated carbocycles. The van der Waals surface area contributed by atoms with Gasteiger partial charge in [-0.25, -0.2) is 8.78 Å². The number of hydrogen-bond donors (Lipinski definition) is 1. The van der Waals surface area contributed by atoms with E-state index in [1.165, 1.54) is 36.7 Å². The average Bonchev–Trinajstić information content (AvgIpc) is 3.26. The predicted octanol–water partition coefficient (Wildman–Crippen LogP) is 4.51. The van der Waals surface area contributed by atoms with Crippen LogP contribution in [0, 0.1) is 23.0 Å². The van der Waals surface area contributed by atoms with Gasteiger partial charge < -0.3 is 9.47 Å². The number of carbonyl (C=O) groups is 1. The van der Waals surface area contributed by atoms with E-state index in [0.29, 0.717) is 22.9 Å². The van der Waals surface area contributed by atoms with E-state index < -0.39 is 17.5 Å². The molecule has 0 unspecified atom stereocenters. The fourth-order valence-corrected chi connectivity index (χ4v) is 3.31. The van der Waals surface area contributed by atoms with Crippen LogP contribution in [0.5, 0.6) is 11.5 Å². The molecule has 0 spiro atoms. The van der Waals surface area contributed by atoms with Gasteiger partial charge in [-0.3, -0.25) is 10.1 Å². The zero-order chi connectivity index (χ0) is 23.1. The van der Waals surface area contributed by atoms with Crippen molar-refractivity contribution in [1.29, 1.82) is 5.26 Å². The lowest BCUT2D eigenvalue weighted by Crippen LogP contribution is -2.13. The third-order valence-corrected chi connectivity index (χ3v) is 5.25. The van der Waals surface area contributed by atoms with Crippen molar-refractivity contribution in [2.24, 2.45) is 0 Å². The van der Waals surface area contributed by atoms with Crippen LogP contribution in [0.1, 0.15) is 23.1 Å². The van der Waals surface area contributed by atoms with Crippen LogP contribution in [0.15, 0.2) is 42.0 Å². The van der Waals surface area contributed by atoms with Gasteiger partial charge in [0.2, 0.25) is 5.13 Å². The standard InChI is InChI=1S/C22H18F2N4O3S/c1-3-19-27-28-22(32-19)26-21(29)15(11-25)9-13-7-8-17(18(10-13)30-2)31-12-14-5-4-6-16(23)20(14)24/h4-10H,3,12H2,1-2H3,(H,26,28,29)/b15-9-. The number of nitrogens with zero attached hydrogens (tertiary/aromatic N) is 3. The molecule has 3 aromatic rings. The number of carbonyl (C=O) groups excluding carboxylic acids is 1. The molecule has 0 atom stereocenters. The first-order valence-corrected chi connectivity index (χ1v) is 10.3. The number of rotatable bonds is 8. The zero-order valence-corrected chi connectivity index (χ0v) is 18.0. The molecule has 0 saturated heterocycles. The van der Waals surface area contributed by atoms with E-state index >= 15 is 0 Å². The van der Waals surface area contributed by atoms with Crippen LogP contribution in [0.2, 0.25) is 0 Å².